The summed E-state index contributed by atoms with van der Waals surface area (Å²) in [5.74, 6) is 1.88. The molecular weight excluding hydrogens is 168 g/mol. The number of hydrogen-bond donors (Lipinski definition) is 1. The first kappa shape index (κ1) is 7.95. The molecule has 0 amide bonds. The van der Waals surface area contributed by atoms with Gasteiger partial charge >= 0.3 is 0 Å². The summed E-state index contributed by atoms with van der Waals surface area (Å²) in [5, 5.41) is 1.56. The number of aromatic nitrogens is 2. The second kappa shape index (κ2) is 3.30. The van der Waals surface area contributed by atoms with Crippen molar-refractivity contribution >= 4 is 23.4 Å². The van der Waals surface area contributed by atoms with Crippen LogP contribution in [0.5, 0.6) is 0 Å². The number of halogens is 1. The van der Waals surface area contributed by atoms with Crippen molar-refractivity contribution in [2.75, 3.05) is 5.75 Å². The molecule has 4 heteroatoms. The van der Waals surface area contributed by atoms with Crippen molar-refractivity contribution in [3.05, 3.63) is 11.0 Å². The molecule has 0 aliphatic rings. The fourth-order valence-corrected chi connectivity index (χ4v) is 1.67. The third-order valence-corrected chi connectivity index (χ3v) is 2.27. The Kier molecular flexibility index (Phi) is 2.63. The highest BCUT2D eigenvalue weighted by Gasteiger charge is 2.03. The van der Waals surface area contributed by atoms with Crippen molar-refractivity contribution in [2.24, 2.45) is 0 Å². The Labute approximate surface area is 69.4 Å². The molecule has 0 aliphatic carbocycles. The largest absolute Gasteiger partial charge is 0.332 e. The Morgan fingerprint density at radius 2 is 2.40 bits per heavy atom. The van der Waals surface area contributed by atoms with Crippen LogP contribution in [0.2, 0.25) is 5.15 Å². The van der Waals surface area contributed by atoms with Crippen LogP contribution in [-0.4, -0.2) is 15.7 Å². The third kappa shape index (κ3) is 1.67. The number of nitrogens with one attached hydrogen (secondary N) is 1. The van der Waals surface area contributed by atoms with Gasteiger partial charge in [0.15, 0.2) is 0 Å². The predicted octanol–water partition coefficient (Wildman–Crippen LogP) is 2.48. The lowest BCUT2D eigenvalue weighted by atomic mass is 10.8. The van der Waals surface area contributed by atoms with Gasteiger partial charge in [0.2, 0.25) is 0 Å². The zero-order valence-corrected chi connectivity index (χ0v) is 7.51. The van der Waals surface area contributed by atoms with E-state index in [0.717, 1.165) is 16.6 Å². The lowest BCUT2D eigenvalue weighted by molar-refractivity contribution is 1.10. The van der Waals surface area contributed by atoms with Crippen LogP contribution in [0.1, 0.15) is 12.7 Å². The Morgan fingerprint density at radius 1 is 1.70 bits per heavy atom. The van der Waals surface area contributed by atoms with E-state index in [1.165, 1.54) is 0 Å². The molecule has 1 N–H and O–H groups in total. The molecule has 0 saturated heterocycles. The first-order chi connectivity index (χ1) is 4.74. The van der Waals surface area contributed by atoms with Crippen molar-refractivity contribution in [2.45, 2.75) is 18.9 Å². The van der Waals surface area contributed by atoms with Gasteiger partial charge in [0.25, 0.3) is 0 Å². The number of H-pyrrole nitrogens is 1. The monoisotopic (exact) mass is 176 g/mol. The SMILES string of the molecule is CCSc1nc(C)[nH]c1Cl. The van der Waals surface area contributed by atoms with Gasteiger partial charge in [0, 0.05) is 0 Å². The summed E-state index contributed by atoms with van der Waals surface area (Å²) in [4.78, 5) is 7.10. The van der Waals surface area contributed by atoms with Gasteiger partial charge in [-0.3, -0.25) is 0 Å². The Morgan fingerprint density at radius 3 is 2.80 bits per heavy atom. The topological polar surface area (TPSA) is 28.7 Å². The highest BCUT2D eigenvalue weighted by molar-refractivity contribution is 7.99. The maximum atomic E-state index is 5.78. The molecule has 0 bridgehead atoms. The molecule has 1 rings (SSSR count). The van der Waals surface area contributed by atoms with Crippen molar-refractivity contribution in [3.8, 4) is 0 Å². The van der Waals surface area contributed by atoms with E-state index in [0.29, 0.717) is 5.15 Å². The zero-order valence-electron chi connectivity index (χ0n) is 5.94. The van der Waals surface area contributed by atoms with E-state index in [-0.39, 0.29) is 0 Å². The lowest BCUT2D eigenvalue weighted by Crippen LogP contribution is -1.73. The van der Waals surface area contributed by atoms with Crippen molar-refractivity contribution in [1.82, 2.24) is 9.97 Å². The van der Waals surface area contributed by atoms with Gasteiger partial charge in [-0.1, -0.05) is 18.5 Å². The van der Waals surface area contributed by atoms with Crippen LogP contribution < -0.4 is 0 Å². The van der Waals surface area contributed by atoms with Crippen molar-refractivity contribution < 1.29 is 0 Å². The minimum atomic E-state index is 0.657. The maximum Gasteiger partial charge on any atom is 0.140 e. The van der Waals surface area contributed by atoms with Gasteiger partial charge in [-0.15, -0.1) is 11.8 Å². The van der Waals surface area contributed by atoms with Gasteiger partial charge in [-0.25, -0.2) is 4.98 Å². The predicted molar refractivity (Wildman–Crippen MR) is 44.7 cm³/mol. The number of thioether (sulfide) groups is 1. The molecule has 1 aromatic rings. The van der Waals surface area contributed by atoms with Gasteiger partial charge in [-0.05, 0) is 12.7 Å². The minimum absolute atomic E-state index is 0.657. The Balaban J connectivity index is 2.81. The van der Waals surface area contributed by atoms with Crippen molar-refractivity contribution in [1.29, 1.82) is 0 Å². The fourth-order valence-electron chi connectivity index (χ4n) is 0.674. The Hall–Kier alpha value is -0.150. The third-order valence-electron chi connectivity index (χ3n) is 1.03. The smallest absolute Gasteiger partial charge is 0.140 e. The number of aromatic amines is 1. The number of aryl methyl sites for hydroxylation is 1. The molecule has 0 unspecified atom stereocenters. The molecule has 0 fully saturated rings. The van der Waals surface area contributed by atoms with Crippen LogP contribution in [0, 0.1) is 6.92 Å². The normalized spacial score (nSPS) is 10.3. The van der Waals surface area contributed by atoms with Gasteiger partial charge in [0.05, 0.1) is 0 Å². The summed E-state index contributed by atoms with van der Waals surface area (Å²) in [6, 6.07) is 0. The first-order valence-corrected chi connectivity index (χ1v) is 4.45. The summed E-state index contributed by atoms with van der Waals surface area (Å²) in [6.07, 6.45) is 0. The quantitative estimate of drug-likeness (QED) is 0.702. The molecule has 10 heavy (non-hydrogen) atoms. The van der Waals surface area contributed by atoms with Crippen LogP contribution >= 0.6 is 23.4 Å². The number of hydrogen-bond acceptors (Lipinski definition) is 2. The molecule has 0 aromatic carbocycles. The summed E-state index contributed by atoms with van der Waals surface area (Å²) in [6.45, 7) is 3.97. The lowest BCUT2D eigenvalue weighted by Gasteiger charge is -1.88. The van der Waals surface area contributed by atoms with E-state index in [1.807, 2.05) is 6.92 Å². The molecule has 1 heterocycles. The van der Waals surface area contributed by atoms with Crippen molar-refractivity contribution in [3.63, 3.8) is 0 Å². The molecule has 0 aliphatic heterocycles. The number of rotatable bonds is 2. The fraction of sp³-hybridized carbons (Fsp3) is 0.500. The molecule has 0 radical (unpaired) electrons. The average molecular weight is 177 g/mol. The van der Waals surface area contributed by atoms with E-state index >= 15 is 0 Å². The highest BCUT2D eigenvalue weighted by Crippen LogP contribution is 2.23. The van der Waals surface area contributed by atoms with Crippen LogP contribution in [0.4, 0.5) is 0 Å². The van der Waals surface area contributed by atoms with Gasteiger partial charge < -0.3 is 4.98 Å². The van der Waals surface area contributed by atoms with E-state index in [4.69, 9.17) is 11.6 Å². The molecule has 1 aromatic heterocycles. The summed E-state index contributed by atoms with van der Waals surface area (Å²) in [5.41, 5.74) is 0. The summed E-state index contributed by atoms with van der Waals surface area (Å²) in [7, 11) is 0. The number of nitrogens with zero attached hydrogens (tertiary/aromatic N) is 1. The Bertz CT molecular complexity index is 222. The van der Waals surface area contributed by atoms with Crippen LogP contribution in [0.3, 0.4) is 0 Å². The van der Waals surface area contributed by atoms with Gasteiger partial charge in [-0.2, -0.15) is 0 Å². The summed E-state index contributed by atoms with van der Waals surface area (Å²) < 4.78 is 0. The molecular formula is C6H9ClN2S. The molecule has 56 valence electrons. The van der Waals surface area contributed by atoms with Crippen LogP contribution in [0.25, 0.3) is 0 Å². The molecule has 0 atom stereocenters. The molecule has 0 saturated carbocycles. The highest BCUT2D eigenvalue weighted by atomic mass is 35.5. The molecule has 0 spiro atoms. The standard InChI is InChI=1S/C6H9ClN2S/c1-3-10-6-5(7)8-4(2)9-6/h3H2,1-2H3,(H,8,9). The van der Waals surface area contributed by atoms with E-state index in [1.54, 1.807) is 11.8 Å². The van der Waals surface area contributed by atoms with Crippen LogP contribution in [-0.2, 0) is 0 Å². The van der Waals surface area contributed by atoms with E-state index in [2.05, 4.69) is 16.9 Å². The molecule has 2 nitrogen and oxygen atoms in total. The van der Waals surface area contributed by atoms with E-state index < -0.39 is 0 Å². The minimum Gasteiger partial charge on any atom is -0.332 e. The maximum absolute atomic E-state index is 5.78. The summed E-state index contributed by atoms with van der Waals surface area (Å²) >= 11 is 7.43. The number of imidazole rings is 1. The van der Waals surface area contributed by atoms with E-state index in [9.17, 15) is 0 Å². The van der Waals surface area contributed by atoms with Gasteiger partial charge in [0.1, 0.15) is 16.0 Å². The average Bonchev–Trinajstić information content (AvgIpc) is 2.13. The van der Waals surface area contributed by atoms with Crippen LogP contribution in [0.15, 0.2) is 5.03 Å². The first-order valence-electron chi connectivity index (χ1n) is 3.09. The second-order valence-corrected chi connectivity index (χ2v) is 3.51. The zero-order chi connectivity index (χ0) is 7.56. The second-order valence-electron chi connectivity index (χ2n) is 1.87.